The number of hydrogen-bond donors (Lipinski definition) is 1. The van der Waals surface area contributed by atoms with Gasteiger partial charge < -0.3 is 9.88 Å². The number of aryl methyl sites for hydroxylation is 2. The number of pyridine rings is 1. The molecule has 6 heteroatoms. The standard InChI is InChI=1S/C20H21N5O/c1-25-9-7-14(13-25)10-19(26)23-17-5-2-6-18-16(17)12-22-20(24-18)15-4-3-8-21-11-15/h3-4,7-9,11-13,17H,2,5-6,10H2,1H3,(H,23,26)/t17-/m1/s1. The van der Waals surface area contributed by atoms with Crippen LogP contribution in [0, 0.1) is 0 Å². The number of carbonyl (C=O) groups is 1. The van der Waals surface area contributed by atoms with Crippen molar-refractivity contribution in [3.05, 3.63) is 66.0 Å². The van der Waals surface area contributed by atoms with Gasteiger partial charge in [0.25, 0.3) is 0 Å². The molecule has 3 aromatic heterocycles. The topological polar surface area (TPSA) is 72.7 Å². The third-order valence-electron chi connectivity index (χ3n) is 4.69. The molecule has 1 amide bonds. The summed E-state index contributed by atoms with van der Waals surface area (Å²) in [6.07, 6.45) is 12.5. The maximum absolute atomic E-state index is 12.4. The third-order valence-corrected chi connectivity index (χ3v) is 4.69. The van der Waals surface area contributed by atoms with Crippen LogP contribution < -0.4 is 5.32 Å². The van der Waals surface area contributed by atoms with Crippen molar-refractivity contribution in [3.8, 4) is 11.4 Å². The predicted octanol–water partition coefficient (Wildman–Crippen LogP) is 2.61. The number of aromatic nitrogens is 4. The molecule has 3 aromatic rings. The first-order valence-corrected chi connectivity index (χ1v) is 8.85. The van der Waals surface area contributed by atoms with E-state index in [4.69, 9.17) is 4.98 Å². The summed E-state index contributed by atoms with van der Waals surface area (Å²) in [5.41, 5.74) is 3.98. The molecule has 0 saturated carbocycles. The van der Waals surface area contributed by atoms with Gasteiger partial charge in [-0.3, -0.25) is 9.78 Å². The van der Waals surface area contributed by atoms with Crippen LogP contribution in [0.2, 0.25) is 0 Å². The van der Waals surface area contributed by atoms with E-state index in [-0.39, 0.29) is 11.9 Å². The summed E-state index contributed by atoms with van der Waals surface area (Å²) in [6.45, 7) is 0. The predicted molar refractivity (Wildman–Crippen MR) is 98.2 cm³/mol. The minimum absolute atomic E-state index is 0.0158. The molecular weight excluding hydrogens is 326 g/mol. The Kier molecular flexibility index (Phi) is 4.48. The van der Waals surface area contributed by atoms with Crippen molar-refractivity contribution in [1.82, 2.24) is 24.8 Å². The Bertz CT molecular complexity index is 919. The Morgan fingerprint density at radius 2 is 2.27 bits per heavy atom. The number of nitrogens with one attached hydrogen (secondary N) is 1. The van der Waals surface area contributed by atoms with Crippen molar-refractivity contribution < 1.29 is 4.79 Å². The molecule has 0 saturated heterocycles. The fourth-order valence-electron chi connectivity index (χ4n) is 3.43. The van der Waals surface area contributed by atoms with E-state index >= 15 is 0 Å². The molecule has 1 N–H and O–H groups in total. The Labute approximate surface area is 152 Å². The minimum Gasteiger partial charge on any atom is -0.357 e. The summed E-state index contributed by atoms with van der Waals surface area (Å²) in [5.74, 6) is 0.721. The van der Waals surface area contributed by atoms with Gasteiger partial charge in [0.2, 0.25) is 5.91 Å². The van der Waals surface area contributed by atoms with Crippen LogP contribution in [0.1, 0.15) is 35.7 Å². The maximum atomic E-state index is 12.4. The number of amides is 1. The van der Waals surface area contributed by atoms with Gasteiger partial charge in [-0.15, -0.1) is 0 Å². The van der Waals surface area contributed by atoms with Crippen molar-refractivity contribution in [1.29, 1.82) is 0 Å². The lowest BCUT2D eigenvalue weighted by Crippen LogP contribution is -2.32. The van der Waals surface area contributed by atoms with Crippen LogP contribution in [-0.4, -0.2) is 25.4 Å². The molecule has 1 aliphatic carbocycles. The molecule has 0 fully saturated rings. The molecule has 3 heterocycles. The fourth-order valence-corrected chi connectivity index (χ4v) is 3.43. The largest absolute Gasteiger partial charge is 0.357 e. The smallest absolute Gasteiger partial charge is 0.224 e. The van der Waals surface area contributed by atoms with Crippen LogP contribution in [0.5, 0.6) is 0 Å². The van der Waals surface area contributed by atoms with Crippen LogP contribution >= 0.6 is 0 Å². The molecule has 0 radical (unpaired) electrons. The molecule has 132 valence electrons. The van der Waals surface area contributed by atoms with E-state index in [1.54, 1.807) is 12.4 Å². The van der Waals surface area contributed by atoms with Gasteiger partial charge in [0.15, 0.2) is 5.82 Å². The van der Waals surface area contributed by atoms with E-state index in [0.717, 1.165) is 41.6 Å². The van der Waals surface area contributed by atoms with E-state index in [1.165, 1.54) is 0 Å². The number of hydrogen-bond acceptors (Lipinski definition) is 4. The molecule has 0 aliphatic heterocycles. The van der Waals surface area contributed by atoms with Crippen LogP contribution in [0.15, 0.2) is 49.2 Å². The average molecular weight is 347 g/mol. The molecule has 1 aliphatic rings. The van der Waals surface area contributed by atoms with Crippen LogP contribution in [-0.2, 0) is 24.7 Å². The normalized spacial score (nSPS) is 16.1. The molecule has 0 unspecified atom stereocenters. The van der Waals surface area contributed by atoms with Crippen molar-refractivity contribution in [2.45, 2.75) is 31.7 Å². The van der Waals surface area contributed by atoms with Gasteiger partial charge in [-0.25, -0.2) is 9.97 Å². The van der Waals surface area contributed by atoms with Crippen molar-refractivity contribution >= 4 is 5.91 Å². The zero-order valence-electron chi connectivity index (χ0n) is 14.7. The molecule has 0 bridgehead atoms. The molecule has 0 aromatic carbocycles. The molecule has 1 atom stereocenters. The Morgan fingerprint density at radius 1 is 1.35 bits per heavy atom. The summed E-state index contributed by atoms with van der Waals surface area (Å²) in [5, 5.41) is 3.15. The van der Waals surface area contributed by atoms with E-state index in [1.807, 2.05) is 48.4 Å². The highest BCUT2D eigenvalue weighted by Crippen LogP contribution is 2.29. The van der Waals surface area contributed by atoms with Crippen LogP contribution in [0.4, 0.5) is 0 Å². The molecule has 26 heavy (non-hydrogen) atoms. The van der Waals surface area contributed by atoms with Gasteiger partial charge in [-0.05, 0) is 43.0 Å². The molecule has 6 nitrogen and oxygen atoms in total. The summed E-state index contributed by atoms with van der Waals surface area (Å²) < 4.78 is 1.95. The maximum Gasteiger partial charge on any atom is 0.224 e. The number of carbonyl (C=O) groups excluding carboxylic acids is 1. The zero-order chi connectivity index (χ0) is 17.9. The van der Waals surface area contributed by atoms with E-state index in [2.05, 4.69) is 15.3 Å². The second-order valence-electron chi connectivity index (χ2n) is 6.71. The average Bonchev–Trinajstić information content (AvgIpc) is 3.07. The van der Waals surface area contributed by atoms with Gasteiger partial charge in [0.05, 0.1) is 12.5 Å². The number of nitrogens with zero attached hydrogens (tertiary/aromatic N) is 4. The monoisotopic (exact) mass is 347 g/mol. The quantitative estimate of drug-likeness (QED) is 0.787. The highest BCUT2D eigenvalue weighted by molar-refractivity contribution is 5.79. The van der Waals surface area contributed by atoms with Gasteiger partial charge in [-0.2, -0.15) is 0 Å². The SMILES string of the molecule is Cn1ccc(CC(=O)N[C@@H]2CCCc3nc(-c4cccnc4)ncc32)c1. The first-order valence-electron chi connectivity index (χ1n) is 8.85. The zero-order valence-corrected chi connectivity index (χ0v) is 14.7. The lowest BCUT2D eigenvalue weighted by atomic mass is 9.92. The Balaban J connectivity index is 1.51. The number of fused-ring (bicyclic) bond motifs is 1. The van der Waals surface area contributed by atoms with E-state index < -0.39 is 0 Å². The van der Waals surface area contributed by atoms with Crippen LogP contribution in [0.25, 0.3) is 11.4 Å². The highest BCUT2D eigenvalue weighted by Gasteiger charge is 2.24. The Morgan fingerprint density at radius 3 is 3.04 bits per heavy atom. The molecular formula is C20H21N5O. The van der Waals surface area contributed by atoms with Gasteiger partial charge in [-0.1, -0.05) is 0 Å². The second-order valence-corrected chi connectivity index (χ2v) is 6.71. The van der Waals surface area contributed by atoms with E-state index in [9.17, 15) is 4.79 Å². The first-order chi connectivity index (χ1) is 12.7. The lowest BCUT2D eigenvalue weighted by Gasteiger charge is -2.25. The summed E-state index contributed by atoms with van der Waals surface area (Å²) in [4.78, 5) is 25.8. The Hall–Kier alpha value is -3.02. The third kappa shape index (κ3) is 3.49. The van der Waals surface area contributed by atoms with Crippen molar-refractivity contribution in [2.75, 3.05) is 0 Å². The first kappa shape index (κ1) is 16.4. The summed E-state index contributed by atoms with van der Waals surface area (Å²) >= 11 is 0. The van der Waals surface area contributed by atoms with Crippen LogP contribution in [0.3, 0.4) is 0 Å². The number of rotatable bonds is 4. The molecule has 4 rings (SSSR count). The van der Waals surface area contributed by atoms with Crippen molar-refractivity contribution in [3.63, 3.8) is 0 Å². The van der Waals surface area contributed by atoms with Gasteiger partial charge >= 0.3 is 0 Å². The second kappa shape index (κ2) is 7.07. The lowest BCUT2D eigenvalue weighted by molar-refractivity contribution is -0.121. The van der Waals surface area contributed by atoms with E-state index in [0.29, 0.717) is 12.2 Å². The minimum atomic E-state index is -0.0158. The molecule has 0 spiro atoms. The highest BCUT2D eigenvalue weighted by atomic mass is 16.1. The van der Waals surface area contributed by atoms with Crippen molar-refractivity contribution in [2.24, 2.45) is 7.05 Å². The summed E-state index contributed by atoms with van der Waals surface area (Å²) in [6, 6.07) is 5.79. The van der Waals surface area contributed by atoms with Gasteiger partial charge in [0, 0.05) is 54.9 Å². The fraction of sp³-hybridized carbons (Fsp3) is 0.300. The summed E-state index contributed by atoms with van der Waals surface area (Å²) in [7, 11) is 1.95. The van der Waals surface area contributed by atoms with Gasteiger partial charge in [0.1, 0.15) is 0 Å².